The van der Waals surface area contributed by atoms with Gasteiger partial charge in [0.05, 0.1) is 16.6 Å². The predicted molar refractivity (Wildman–Crippen MR) is 159 cm³/mol. The van der Waals surface area contributed by atoms with Gasteiger partial charge in [0.15, 0.2) is 11.5 Å². The van der Waals surface area contributed by atoms with Crippen LogP contribution in [0.15, 0.2) is 76.7 Å². The second-order valence-electron chi connectivity index (χ2n) is 11.2. The van der Waals surface area contributed by atoms with E-state index in [0.29, 0.717) is 44.4 Å². The number of pyridine rings is 1. The summed E-state index contributed by atoms with van der Waals surface area (Å²) in [5.74, 6) is 1.29. The minimum atomic E-state index is -4.44. The Hall–Kier alpha value is -3.76. The third kappa shape index (κ3) is 5.78. The van der Waals surface area contributed by atoms with Gasteiger partial charge in [-0.2, -0.15) is 13.2 Å². The summed E-state index contributed by atoms with van der Waals surface area (Å²) in [6.45, 7) is 3.85. The lowest BCUT2D eigenvalue weighted by Gasteiger charge is -2.29. The molecule has 0 bridgehead atoms. The average molecular weight is 606 g/mol. The van der Waals surface area contributed by atoms with Crippen LogP contribution in [0.4, 0.5) is 13.2 Å². The van der Waals surface area contributed by atoms with Crippen LogP contribution in [0.3, 0.4) is 0 Å². The van der Waals surface area contributed by atoms with Crippen molar-refractivity contribution in [2.75, 3.05) is 33.0 Å². The minimum absolute atomic E-state index is 0.0668. The molecule has 6 nitrogen and oxygen atoms in total. The van der Waals surface area contributed by atoms with Crippen molar-refractivity contribution in [1.82, 2.24) is 14.8 Å². The maximum atomic E-state index is 14.3. The summed E-state index contributed by atoms with van der Waals surface area (Å²) in [5, 5.41) is 1.18. The van der Waals surface area contributed by atoms with Gasteiger partial charge in [0.25, 0.3) is 5.91 Å². The Bertz CT molecular complexity index is 1690. The van der Waals surface area contributed by atoms with Crippen LogP contribution in [0, 0.1) is 0 Å². The smallest absolute Gasteiger partial charge is 0.416 e. The topological polar surface area (TPSA) is 54.9 Å². The van der Waals surface area contributed by atoms with Crippen LogP contribution in [0.2, 0.25) is 0 Å². The average Bonchev–Trinajstić information content (AvgIpc) is 3.78. The molecule has 1 amide bonds. The Morgan fingerprint density at radius 3 is 2.53 bits per heavy atom. The summed E-state index contributed by atoms with van der Waals surface area (Å²) in [4.78, 5) is 23.9. The maximum Gasteiger partial charge on any atom is 0.416 e. The van der Waals surface area contributed by atoms with Crippen molar-refractivity contribution in [1.29, 1.82) is 0 Å². The Kier molecular flexibility index (Phi) is 7.43. The van der Waals surface area contributed by atoms with Crippen molar-refractivity contribution in [3.63, 3.8) is 0 Å². The molecule has 7 rings (SSSR count). The van der Waals surface area contributed by atoms with Gasteiger partial charge in [0.1, 0.15) is 5.03 Å². The van der Waals surface area contributed by atoms with E-state index in [9.17, 15) is 18.0 Å². The highest BCUT2D eigenvalue weighted by molar-refractivity contribution is 7.99. The predicted octanol–water partition coefficient (Wildman–Crippen LogP) is 7.50. The van der Waals surface area contributed by atoms with Gasteiger partial charge in [-0.15, -0.1) is 0 Å². The Labute approximate surface area is 251 Å². The fourth-order valence-corrected chi connectivity index (χ4v) is 7.15. The molecule has 4 heterocycles. The van der Waals surface area contributed by atoms with Gasteiger partial charge in [0.2, 0.25) is 6.79 Å². The summed E-state index contributed by atoms with van der Waals surface area (Å²) in [5.41, 5.74) is 2.22. The number of fused-ring (bicyclic) bond motifs is 2. The molecule has 1 atom stereocenters. The third-order valence-electron chi connectivity index (χ3n) is 8.41. The highest BCUT2D eigenvalue weighted by Crippen LogP contribution is 2.39. The molecule has 10 heteroatoms. The van der Waals surface area contributed by atoms with E-state index in [2.05, 4.69) is 4.90 Å². The van der Waals surface area contributed by atoms with Crippen molar-refractivity contribution in [2.24, 2.45) is 0 Å². The molecule has 3 aliphatic rings. The normalized spacial score (nSPS) is 18.6. The first-order valence-electron chi connectivity index (χ1n) is 14.6. The second-order valence-corrected chi connectivity index (χ2v) is 12.3. The van der Waals surface area contributed by atoms with E-state index in [0.717, 1.165) is 67.5 Å². The fourth-order valence-electron chi connectivity index (χ4n) is 6.25. The highest BCUT2D eigenvalue weighted by atomic mass is 32.2. The van der Waals surface area contributed by atoms with Gasteiger partial charge in [0, 0.05) is 29.4 Å². The standard InChI is InChI=1S/C33H30F3N3O3S/c34-33(35,36)23-5-3-7-25(17-23)43-31-18-27(32(40)39-14-4-6-24(39)19-38-12-1-2-13-38)26-15-21(8-10-28(26)37-31)22-9-11-29-30(16-22)42-20-41-29/h3,5,7-11,15-18,24H,1-2,4,6,12-14,19-20H2/t24-/m0/s1. The molecule has 1 aromatic heterocycles. The molecule has 0 radical (unpaired) electrons. The largest absolute Gasteiger partial charge is 0.454 e. The maximum absolute atomic E-state index is 14.3. The molecule has 2 saturated heterocycles. The number of hydrogen-bond acceptors (Lipinski definition) is 6. The van der Waals surface area contributed by atoms with E-state index < -0.39 is 11.7 Å². The number of benzene rings is 3. The van der Waals surface area contributed by atoms with Crippen LogP contribution in [0.5, 0.6) is 11.5 Å². The molecule has 222 valence electrons. The van der Waals surface area contributed by atoms with Gasteiger partial charge < -0.3 is 19.3 Å². The molecule has 2 fully saturated rings. The van der Waals surface area contributed by atoms with Crippen LogP contribution >= 0.6 is 11.8 Å². The summed E-state index contributed by atoms with van der Waals surface area (Å²) in [6.07, 6.45) is -0.163. The molecule has 0 spiro atoms. The Morgan fingerprint density at radius 2 is 1.70 bits per heavy atom. The van der Waals surface area contributed by atoms with Crippen molar-refractivity contribution >= 4 is 28.6 Å². The fraction of sp³-hybridized carbons (Fsp3) is 0.333. The molecule has 3 aromatic carbocycles. The number of carbonyl (C=O) groups excluding carboxylic acids is 1. The molecular weight excluding hydrogens is 575 g/mol. The number of amides is 1. The highest BCUT2D eigenvalue weighted by Gasteiger charge is 2.33. The van der Waals surface area contributed by atoms with Gasteiger partial charge in [-0.05, 0) is 98.4 Å². The molecule has 0 N–H and O–H groups in total. The number of alkyl halides is 3. The first-order valence-corrected chi connectivity index (χ1v) is 15.4. The van der Waals surface area contributed by atoms with Crippen LogP contribution in [0.1, 0.15) is 41.6 Å². The zero-order valence-corrected chi connectivity index (χ0v) is 24.2. The summed E-state index contributed by atoms with van der Waals surface area (Å²) in [6, 6.07) is 18.6. The van der Waals surface area contributed by atoms with Crippen molar-refractivity contribution in [3.05, 3.63) is 77.9 Å². The van der Waals surface area contributed by atoms with Crippen LogP contribution in [-0.2, 0) is 6.18 Å². The minimum Gasteiger partial charge on any atom is -0.454 e. The number of likely N-dealkylation sites (tertiary alicyclic amines) is 2. The zero-order valence-electron chi connectivity index (χ0n) is 23.4. The monoisotopic (exact) mass is 605 g/mol. The molecular formula is C33H30F3N3O3S. The van der Waals surface area contributed by atoms with E-state index in [1.165, 1.54) is 18.9 Å². The molecule has 4 aromatic rings. The van der Waals surface area contributed by atoms with Crippen molar-refractivity contribution in [2.45, 2.75) is 47.8 Å². The second kappa shape index (κ2) is 11.4. The van der Waals surface area contributed by atoms with Crippen molar-refractivity contribution in [3.8, 4) is 22.6 Å². The number of rotatable bonds is 6. The quantitative estimate of drug-likeness (QED) is 0.227. The lowest BCUT2D eigenvalue weighted by atomic mass is 10.00. The summed E-state index contributed by atoms with van der Waals surface area (Å²) in [7, 11) is 0. The van der Waals surface area contributed by atoms with Gasteiger partial charge >= 0.3 is 6.18 Å². The Balaban J connectivity index is 1.28. The summed E-state index contributed by atoms with van der Waals surface area (Å²) < 4.78 is 51.2. The number of ether oxygens (including phenoxy) is 2. The Morgan fingerprint density at radius 1 is 0.907 bits per heavy atom. The number of halogens is 3. The molecule has 0 saturated carbocycles. The van der Waals surface area contributed by atoms with E-state index in [1.54, 1.807) is 12.1 Å². The van der Waals surface area contributed by atoms with Gasteiger partial charge in [-0.1, -0.05) is 30.0 Å². The number of carbonyl (C=O) groups is 1. The van der Waals surface area contributed by atoms with Crippen LogP contribution in [-0.4, -0.2) is 59.7 Å². The molecule has 43 heavy (non-hydrogen) atoms. The molecule has 0 aliphatic carbocycles. The summed E-state index contributed by atoms with van der Waals surface area (Å²) >= 11 is 1.13. The SMILES string of the molecule is O=C(c1cc(Sc2cccc(C(F)(F)F)c2)nc2ccc(-c3ccc4c(c3)OCO4)cc12)N1CCC[C@H]1CN1CCCC1. The number of nitrogens with zero attached hydrogens (tertiary/aromatic N) is 3. The number of hydrogen-bond donors (Lipinski definition) is 0. The first kappa shape index (κ1) is 28.0. The van der Waals surface area contributed by atoms with Gasteiger partial charge in [-0.25, -0.2) is 4.98 Å². The van der Waals surface area contributed by atoms with Crippen LogP contribution in [0.25, 0.3) is 22.0 Å². The van der Waals surface area contributed by atoms with Gasteiger partial charge in [-0.3, -0.25) is 4.79 Å². The third-order valence-corrected chi connectivity index (χ3v) is 9.32. The van der Waals surface area contributed by atoms with Crippen molar-refractivity contribution < 1.29 is 27.4 Å². The molecule has 0 unspecified atom stereocenters. The van der Waals surface area contributed by atoms with E-state index in [1.807, 2.05) is 41.3 Å². The van der Waals surface area contributed by atoms with E-state index >= 15 is 0 Å². The lowest BCUT2D eigenvalue weighted by molar-refractivity contribution is -0.137. The molecule has 3 aliphatic heterocycles. The lowest BCUT2D eigenvalue weighted by Crippen LogP contribution is -2.42. The van der Waals surface area contributed by atoms with E-state index in [4.69, 9.17) is 14.5 Å². The zero-order chi connectivity index (χ0) is 29.6. The first-order chi connectivity index (χ1) is 20.8. The number of aromatic nitrogens is 1. The van der Waals surface area contributed by atoms with E-state index in [-0.39, 0.29) is 18.7 Å². The van der Waals surface area contributed by atoms with Crippen LogP contribution < -0.4 is 9.47 Å².